The summed E-state index contributed by atoms with van der Waals surface area (Å²) >= 11 is 0. The second kappa shape index (κ2) is 6.44. The zero-order valence-electron chi connectivity index (χ0n) is 13.0. The van der Waals surface area contributed by atoms with Crippen LogP contribution in [0, 0.1) is 19.8 Å². The van der Waals surface area contributed by atoms with Crippen molar-refractivity contribution in [3.63, 3.8) is 0 Å². The summed E-state index contributed by atoms with van der Waals surface area (Å²) in [6, 6.07) is 3.35. The molecule has 0 fully saturated rings. The first-order valence-corrected chi connectivity index (χ1v) is 7.96. The second-order valence-corrected chi connectivity index (χ2v) is 7.12. The average molecular weight is 314 g/mol. The Labute approximate surface area is 125 Å². The molecule has 0 aliphatic rings. The molecule has 118 valence electrons. The molecule has 0 heterocycles. The summed E-state index contributed by atoms with van der Waals surface area (Å²) in [6.45, 7) is 5.19. The number of aryl methyl sites for hydroxylation is 1. The van der Waals surface area contributed by atoms with Crippen molar-refractivity contribution >= 4 is 21.7 Å². The van der Waals surface area contributed by atoms with Gasteiger partial charge in [-0.1, -0.05) is 13.0 Å². The molecular formula is C14H22N2O4S. The van der Waals surface area contributed by atoms with Crippen LogP contribution in [0.2, 0.25) is 0 Å². The maximum absolute atomic E-state index is 12.7. The van der Waals surface area contributed by atoms with Crippen molar-refractivity contribution in [3.8, 4) is 0 Å². The van der Waals surface area contributed by atoms with Gasteiger partial charge < -0.3 is 10.5 Å². The highest BCUT2D eigenvalue weighted by molar-refractivity contribution is 7.89. The Bertz CT molecular complexity index is 641. The van der Waals surface area contributed by atoms with E-state index in [0.717, 1.165) is 9.87 Å². The monoisotopic (exact) mass is 314 g/mol. The Morgan fingerprint density at radius 1 is 1.38 bits per heavy atom. The number of carbonyl (C=O) groups excluding carboxylic acids is 1. The smallest absolute Gasteiger partial charge is 0.309 e. The fraction of sp³-hybridized carbons (Fsp3) is 0.500. The molecule has 0 saturated heterocycles. The molecule has 0 aliphatic carbocycles. The van der Waals surface area contributed by atoms with Crippen molar-refractivity contribution in [2.24, 2.45) is 5.92 Å². The summed E-state index contributed by atoms with van der Waals surface area (Å²) in [5.74, 6) is -1.01. The van der Waals surface area contributed by atoms with E-state index in [0.29, 0.717) is 5.56 Å². The van der Waals surface area contributed by atoms with Crippen LogP contribution in [0.3, 0.4) is 0 Å². The normalized spacial score (nSPS) is 13.2. The third kappa shape index (κ3) is 3.54. The van der Waals surface area contributed by atoms with Gasteiger partial charge in [-0.2, -0.15) is 4.31 Å². The molecule has 0 amide bonds. The van der Waals surface area contributed by atoms with Gasteiger partial charge in [0, 0.05) is 13.6 Å². The Hall–Kier alpha value is -1.60. The highest BCUT2D eigenvalue weighted by Crippen LogP contribution is 2.28. The molecule has 21 heavy (non-hydrogen) atoms. The predicted octanol–water partition coefficient (Wildman–Crippen LogP) is 1.32. The number of sulfonamides is 1. The van der Waals surface area contributed by atoms with E-state index >= 15 is 0 Å². The van der Waals surface area contributed by atoms with Crippen LogP contribution in [0.4, 0.5) is 5.69 Å². The van der Waals surface area contributed by atoms with Crippen molar-refractivity contribution in [3.05, 3.63) is 23.3 Å². The molecule has 7 heteroatoms. The number of nitrogens with zero attached hydrogens (tertiary/aromatic N) is 1. The molecule has 0 radical (unpaired) electrons. The Kier molecular flexibility index (Phi) is 5.36. The summed E-state index contributed by atoms with van der Waals surface area (Å²) < 4.78 is 31.1. The van der Waals surface area contributed by atoms with E-state index in [1.807, 2.05) is 6.92 Å². The number of hydrogen-bond acceptors (Lipinski definition) is 5. The van der Waals surface area contributed by atoms with Gasteiger partial charge in [0.25, 0.3) is 0 Å². The maximum atomic E-state index is 12.7. The zero-order chi connectivity index (χ0) is 16.4. The van der Waals surface area contributed by atoms with Gasteiger partial charge in [0.1, 0.15) is 4.90 Å². The van der Waals surface area contributed by atoms with Gasteiger partial charge in [-0.05, 0) is 31.0 Å². The van der Waals surface area contributed by atoms with Crippen LogP contribution in [-0.4, -0.2) is 39.4 Å². The molecule has 1 aromatic rings. The lowest BCUT2D eigenvalue weighted by Crippen LogP contribution is -2.35. The largest absolute Gasteiger partial charge is 0.469 e. The topological polar surface area (TPSA) is 89.7 Å². The summed E-state index contributed by atoms with van der Waals surface area (Å²) in [7, 11) is -1.06. The van der Waals surface area contributed by atoms with E-state index < -0.39 is 21.9 Å². The van der Waals surface area contributed by atoms with E-state index in [9.17, 15) is 13.2 Å². The van der Waals surface area contributed by atoms with E-state index in [2.05, 4.69) is 4.74 Å². The summed E-state index contributed by atoms with van der Waals surface area (Å²) in [6.07, 6.45) is 0. The summed E-state index contributed by atoms with van der Waals surface area (Å²) in [4.78, 5) is 11.5. The molecule has 1 unspecified atom stereocenters. The van der Waals surface area contributed by atoms with Crippen molar-refractivity contribution < 1.29 is 17.9 Å². The van der Waals surface area contributed by atoms with Gasteiger partial charge in [-0.3, -0.25) is 4.79 Å². The average Bonchev–Trinajstić information content (AvgIpc) is 2.41. The number of rotatable bonds is 5. The summed E-state index contributed by atoms with van der Waals surface area (Å²) in [5.41, 5.74) is 7.50. The number of hydrogen-bond donors (Lipinski definition) is 1. The van der Waals surface area contributed by atoms with Crippen molar-refractivity contribution in [2.45, 2.75) is 25.7 Å². The second-order valence-electron chi connectivity index (χ2n) is 5.14. The van der Waals surface area contributed by atoms with Crippen LogP contribution < -0.4 is 5.73 Å². The Morgan fingerprint density at radius 3 is 2.48 bits per heavy atom. The molecule has 6 nitrogen and oxygen atoms in total. The van der Waals surface area contributed by atoms with Gasteiger partial charge in [-0.15, -0.1) is 0 Å². The number of benzene rings is 1. The minimum atomic E-state index is -3.76. The number of ether oxygens (including phenoxy) is 1. The number of carbonyl (C=O) groups is 1. The van der Waals surface area contributed by atoms with Gasteiger partial charge in [0.15, 0.2) is 0 Å². The molecular weight excluding hydrogens is 292 g/mol. The number of methoxy groups -OCH3 is 1. The highest BCUT2D eigenvalue weighted by atomic mass is 32.2. The maximum Gasteiger partial charge on any atom is 0.309 e. The molecule has 0 saturated carbocycles. The standard InChI is InChI=1S/C14H22N2O4S/c1-9-6-7-12(15)13(11(9)3)21(18,19)16(4)8-10(2)14(17)20-5/h6-7,10H,8,15H2,1-5H3. The van der Waals surface area contributed by atoms with Crippen LogP contribution in [0.15, 0.2) is 17.0 Å². The lowest BCUT2D eigenvalue weighted by atomic mass is 10.1. The molecule has 0 bridgehead atoms. The van der Waals surface area contributed by atoms with Crippen molar-refractivity contribution in [2.75, 3.05) is 26.4 Å². The third-order valence-corrected chi connectivity index (χ3v) is 5.54. The summed E-state index contributed by atoms with van der Waals surface area (Å²) in [5, 5.41) is 0. The van der Waals surface area contributed by atoms with Crippen molar-refractivity contribution in [1.29, 1.82) is 0 Å². The minimum absolute atomic E-state index is 0.0296. The van der Waals surface area contributed by atoms with E-state index in [-0.39, 0.29) is 17.1 Å². The SMILES string of the molecule is COC(=O)C(C)CN(C)S(=O)(=O)c1c(N)ccc(C)c1C. The Morgan fingerprint density at radius 2 is 1.95 bits per heavy atom. The van der Waals surface area contributed by atoms with Crippen LogP contribution in [0.25, 0.3) is 0 Å². The van der Waals surface area contributed by atoms with Gasteiger partial charge >= 0.3 is 5.97 Å². The molecule has 0 aromatic heterocycles. The fourth-order valence-electron chi connectivity index (χ4n) is 2.07. The molecule has 0 aliphatic heterocycles. The first-order chi connectivity index (χ1) is 9.62. The van der Waals surface area contributed by atoms with E-state index in [1.54, 1.807) is 26.0 Å². The van der Waals surface area contributed by atoms with Crippen LogP contribution in [0.5, 0.6) is 0 Å². The number of esters is 1. The fourth-order valence-corrected chi connectivity index (χ4v) is 3.71. The van der Waals surface area contributed by atoms with E-state index in [4.69, 9.17) is 5.73 Å². The molecule has 1 atom stereocenters. The zero-order valence-corrected chi connectivity index (χ0v) is 13.8. The van der Waals surface area contributed by atoms with Crippen LogP contribution in [-0.2, 0) is 19.6 Å². The van der Waals surface area contributed by atoms with Gasteiger partial charge in [0.05, 0.1) is 18.7 Å². The van der Waals surface area contributed by atoms with Crippen LogP contribution >= 0.6 is 0 Å². The number of anilines is 1. The lowest BCUT2D eigenvalue weighted by Gasteiger charge is -2.22. The minimum Gasteiger partial charge on any atom is -0.469 e. The molecule has 2 N–H and O–H groups in total. The van der Waals surface area contributed by atoms with Crippen molar-refractivity contribution in [1.82, 2.24) is 4.31 Å². The molecule has 0 spiro atoms. The van der Waals surface area contributed by atoms with E-state index in [1.165, 1.54) is 14.2 Å². The lowest BCUT2D eigenvalue weighted by molar-refractivity contribution is -0.144. The first-order valence-electron chi connectivity index (χ1n) is 6.52. The quantitative estimate of drug-likeness (QED) is 0.654. The predicted molar refractivity (Wildman–Crippen MR) is 81.3 cm³/mol. The number of nitrogens with two attached hydrogens (primary N) is 1. The van der Waals surface area contributed by atoms with Gasteiger partial charge in [0.2, 0.25) is 10.0 Å². The Balaban J connectivity index is 3.18. The highest BCUT2D eigenvalue weighted by Gasteiger charge is 2.28. The molecule has 1 rings (SSSR count). The molecule has 1 aromatic carbocycles. The van der Waals surface area contributed by atoms with Gasteiger partial charge in [-0.25, -0.2) is 8.42 Å². The van der Waals surface area contributed by atoms with Crippen LogP contribution in [0.1, 0.15) is 18.1 Å². The number of nitrogen functional groups attached to an aromatic ring is 1. The first kappa shape index (κ1) is 17.5. The third-order valence-electron chi connectivity index (χ3n) is 3.51.